The second kappa shape index (κ2) is 66.1. The summed E-state index contributed by atoms with van der Waals surface area (Å²) in [6, 6.07) is 0. The molecule has 5 atom stereocenters. The smallest absolute Gasteiger partial charge is 0.462 e. The van der Waals surface area contributed by atoms with E-state index >= 15 is 0 Å². The van der Waals surface area contributed by atoms with Gasteiger partial charge in [-0.2, -0.15) is 0 Å². The number of phosphoric ester groups is 2. The van der Waals surface area contributed by atoms with E-state index in [1.807, 2.05) is 0 Å². The molecule has 0 bridgehead atoms. The van der Waals surface area contributed by atoms with Crippen LogP contribution in [0.3, 0.4) is 0 Å². The van der Waals surface area contributed by atoms with Crippen LogP contribution in [0.25, 0.3) is 0 Å². The lowest BCUT2D eigenvalue weighted by Crippen LogP contribution is -2.30. The number of hydrogen-bond acceptors (Lipinski definition) is 15. The quantitative estimate of drug-likeness (QED) is 0.0169. The van der Waals surface area contributed by atoms with Crippen LogP contribution in [0.5, 0.6) is 0 Å². The van der Waals surface area contributed by atoms with Crippen LogP contribution < -0.4 is 0 Å². The van der Waals surface area contributed by atoms with Crippen LogP contribution in [0.4, 0.5) is 0 Å². The molecule has 534 valence electrons. The molecule has 0 spiro atoms. The molecule has 0 radical (unpaired) electrons. The Morgan fingerprint density at radius 2 is 0.576 bits per heavy atom. The molecule has 0 rings (SSSR count). The van der Waals surface area contributed by atoms with Crippen molar-refractivity contribution >= 4 is 39.5 Å². The Balaban J connectivity index is 5.30. The van der Waals surface area contributed by atoms with Gasteiger partial charge in [0, 0.05) is 25.7 Å². The third-order valence-electron chi connectivity index (χ3n) is 15.2. The maximum absolute atomic E-state index is 13.0. The molecule has 17 nitrogen and oxygen atoms in total. The summed E-state index contributed by atoms with van der Waals surface area (Å²) < 4.78 is 68.2. The van der Waals surface area contributed by atoms with E-state index in [0.29, 0.717) is 25.7 Å². The summed E-state index contributed by atoms with van der Waals surface area (Å²) in [4.78, 5) is 72.5. The molecule has 0 aliphatic heterocycles. The van der Waals surface area contributed by atoms with Crippen LogP contribution in [0.2, 0.25) is 0 Å². The molecule has 0 saturated heterocycles. The molecule has 19 heteroatoms. The fraction of sp³-hybridized carbons (Fsp3) is 0.781. The number of esters is 4. The number of carbonyl (C=O) groups excluding carboxylic acids is 4. The van der Waals surface area contributed by atoms with Gasteiger partial charge in [-0.25, -0.2) is 9.13 Å². The number of aliphatic hydroxyl groups is 1. The van der Waals surface area contributed by atoms with Crippen LogP contribution in [0.15, 0.2) is 72.9 Å². The Morgan fingerprint density at radius 1 is 0.315 bits per heavy atom. The van der Waals surface area contributed by atoms with Gasteiger partial charge in [0.2, 0.25) is 0 Å². The van der Waals surface area contributed by atoms with Crippen LogP contribution >= 0.6 is 15.6 Å². The van der Waals surface area contributed by atoms with Crippen molar-refractivity contribution in [3.05, 3.63) is 72.9 Å². The van der Waals surface area contributed by atoms with Gasteiger partial charge < -0.3 is 33.8 Å². The van der Waals surface area contributed by atoms with Crippen molar-refractivity contribution in [1.29, 1.82) is 0 Å². The van der Waals surface area contributed by atoms with Gasteiger partial charge in [-0.15, -0.1) is 0 Å². The van der Waals surface area contributed by atoms with Crippen LogP contribution in [-0.4, -0.2) is 96.7 Å². The van der Waals surface area contributed by atoms with E-state index in [1.54, 1.807) is 0 Å². The molecular weight excluding hydrogens is 1210 g/mol. The molecule has 3 N–H and O–H groups in total. The second-order valence-electron chi connectivity index (χ2n) is 24.2. The Hall–Kier alpha value is -3.50. The number of hydrogen-bond donors (Lipinski definition) is 3. The molecule has 0 aromatic heterocycles. The summed E-state index contributed by atoms with van der Waals surface area (Å²) in [6.45, 7) is 4.65. The first-order valence-electron chi connectivity index (χ1n) is 36.2. The number of allylic oxidation sites excluding steroid dienone is 12. The normalized spacial score (nSPS) is 14.5. The van der Waals surface area contributed by atoms with Crippen molar-refractivity contribution in [1.82, 2.24) is 0 Å². The van der Waals surface area contributed by atoms with Crippen molar-refractivity contribution in [2.24, 2.45) is 0 Å². The Bertz CT molecular complexity index is 2040. The fourth-order valence-electron chi connectivity index (χ4n) is 9.58. The number of phosphoric acid groups is 2. The zero-order chi connectivity index (χ0) is 67.5. The molecule has 92 heavy (non-hydrogen) atoms. The van der Waals surface area contributed by atoms with Gasteiger partial charge in [-0.3, -0.25) is 37.3 Å². The van der Waals surface area contributed by atoms with E-state index in [0.717, 1.165) is 148 Å². The average Bonchev–Trinajstić information content (AvgIpc) is 2.31. The summed E-state index contributed by atoms with van der Waals surface area (Å²) in [7, 11) is -9.93. The Labute approximate surface area is 558 Å². The molecule has 0 heterocycles. The highest BCUT2D eigenvalue weighted by Crippen LogP contribution is 2.45. The monoisotopic (exact) mass is 1340 g/mol. The molecule has 5 unspecified atom stereocenters. The number of carbonyl (C=O) groups is 4. The second-order valence-corrected chi connectivity index (χ2v) is 27.1. The lowest BCUT2D eigenvalue weighted by Gasteiger charge is -2.21. The van der Waals surface area contributed by atoms with Gasteiger partial charge in [0.1, 0.15) is 19.3 Å². The number of unbranched alkanes of at least 4 members (excludes halogenated alkanes) is 30. The van der Waals surface area contributed by atoms with E-state index in [-0.39, 0.29) is 25.7 Å². The van der Waals surface area contributed by atoms with Gasteiger partial charge in [-0.1, -0.05) is 255 Å². The molecule has 0 aliphatic carbocycles. The van der Waals surface area contributed by atoms with Gasteiger partial charge in [0.25, 0.3) is 0 Å². The van der Waals surface area contributed by atoms with E-state index in [4.69, 9.17) is 37.0 Å². The van der Waals surface area contributed by atoms with Gasteiger partial charge >= 0.3 is 39.5 Å². The van der Waals surface area contributed by atoms with Gasteiger partial charge in [-0.05, 0) is 103 Å². The SMILES string of the molecule is CC/C=C\C/C=C\C/C=C\C/C=C\CCCCCCC(=O)OCC(COP(=O)(O)OCC(O)COP(=O)(O)OCC(COC(=O)CCCCCCCCCCCCCCC)OC(=O)CCCCCCC/C=C\CCCC)OC(=O)CCCCCCC/C=C\CCCC. The lowest BCUT2D eigenvalue weighted by atomic mass is 10.0. The molecule has 0 aromatic rings. The summed E-state index contributed by atoms with van der Waals surface area (Å²) in [5, 5.41) is 10.6. The van der Waals surface area contributed by atoms with Gasteiger partial charge in [0.05, 0.1) is 26.4 Å². The standard InChI is InChI=1S/C73H130O17P2/c1-5-9-13-17-21-25-29-31-32-33-34-36-40-42-46-50-54-58-71(76)84-64-69(90-73(78)60-56-52-48-44-38-28-24-20-16-12-8-4)66-88-92(81,82)86-62-67(74)61-85-91(79,80)87-65-68(89-72(77)59-55-51-47-43-37-27-23-19-15-11-7-3)63-83-70(75)57-53-49-45-41-39-35-30-26-22-18-14-10-6-2/h9,13,19-21,23-25,31-32,34,36,67-69,74H,5-8,10-12,14-18,22,26-30,33,35,37-66H2,1-4H3,(H,79,80)(H,81,82)/b13-9-,23-19-,24-20-,25-21-,32-31-,36-34-. The molecule has 0 saturated carbocycles. The Kier molecular flexibility index (Phi) is 63.6. The maximum atomic E-state index is 13.0. The van der Waals surface area contributed by atoms with Crippen molar-refractivity contribution < 1.29 is 80.2 Å². The van der Waals surface area contributed by atoms with Crippen LogP contribution in [0, 0.1) is 0 Å². The highest BCUT2D eigenvalue weighted by atomic mass is 31.2. The molecule has 0 aromatic carbocycles. The third-order valence-corrected chi connectivity index (χ3v) is 17.1. The van der Waals surface area contributed by atoms with Crippen molar-refractivity contribution in [2.75, 3.05) is 39.6 Å². The van der Waals surface area contributed by atoms with Crippen LogP contribution in [0.1, 0.15) is 310 Å². The van der Waals surface area contributed by atoms with Crippen molar-refractivity contribution in [2.45, 2.75) is 329 Å². The molecular formula is C73H130O17P2. The molecule has 0 aliphatic rings. The third kappa shape index (κ3) is 65.2. The van der Waals surface area contributed by atoms with E-state index < -0.39 is 97.5 Å². The first kappa shape index (κ1) is 88.5. The molecule has 0 amide bonds. The Morgan fingerprint density at radius 3 is 0.913 bits per heavy atom. The van der Waals surface area contributed by atoms with E-state index in [2.05, 4.69) is 101 Å². The topological polar surface area (TPSA) is 237 Å². The number of rotatable bonds is 68. The van der Waals surface area contributed by atoms with Crippen molar-refractivity contribution in [3.63, 3.8) is 0 Å². The first-order chi connectivity index (χ1) is 44.7. The summed E-state index contributed by atoms with van der Waals surface area (Å²) in [5.41, 5.74) is 0. The number of aliphatic hydroxyl groups excluding tert-OH is 1. The van der Waals surface area contributed by atoms with Crippen molar-refractivity contribution in [3.8, 4) is 0 Å². The maximum Gasteiger partial charge on any atom is 0.472 e. The minimum absolute atomic E-state index is 0.0804. The van der Waals surface area contributed by atoms with Gasteiger partial charge in [0.15, 0.2) is 12.2 Å². The molecule has 0 fully saturated rings. The minimum Gasteiger partial charge on any atom is -0.462 e. The lowest BCUT2D eigenvalue weighted by molar-refractivity contribution is -0.161. The summed E-state index contributed by atoms with van der Waals surface area (Å²) in [6.07, 6.45) is 63.4. The zero-order valence-electron chi connectivity index (χ0n) is 58.0. The number of ether oxygens (including phenoxy) is 4. The van der Waals surface area contributed by atoms with Crippen LogP contribution in [-0.2, 0) is 65.4 Å². The van der Waals surface area contributed by atoms with E-state index in [9.17, 15) is 43.2 Å². The average molecular weight is 1340 g/mol. The zero-order valence-corrected chi connectivity index (χ0v) is 59.8. The largest absolute Gasteiger partial charge is 0.472 e. The minimum atomic E-state index is -4.97. The van der Waals surface area contributed by atoms with E-state index in [1.165, 1.54) is 83.5 Å². The summed E-state index contributed by atoms with van der Waals surface area (Å²) >= 11 is 0. The highest BCUT2D eigenvalue weighted by molar-refractivity contribution is 7.47. The highest BCUT2D eigenvalue weighted by Gasteiger charge is 2.30. The predicted molar refractivity (Wildman–Crippen MR) is 372 cm³/mol. The predicted octanol–water partition coefficient (Wildman–Crippen LogP) is 20.1. The first-order valence-corrected chi connectivity index (χ1v) is 39.2. The fourth-order valence-corrected chi connectivity index (χ4v) is 11.2. The summed E-state index contributed by atoms with van der Waals surface area (Å²) in [5.74, 6) is -2.20.